The number of quaternary nitrogens is 1. The van der Waals surface area contributed by atoms with Gasteiger partial charge in [0.05, 0.1) is 16.2 Å². The van der Waals surface area contributed by atoms with Crippen molar-refractivity contribution >= 4 is 29.4 Å². The van der Waals surface area contributed by atoms with E-state index in [9.17, 15) is 24.8 Å². The van der Waals surface area contributed by atoms with Gasteiger partial charge in [0.1, 0.15) is 17.8 Å². The third kappa shape index (κ3) is 4.01. The van der Waals surface area contributed by atoms with Crippen molar-refractivity contribution in [2.24, 2.45) is 0 Å². The van der Waals surface area contributed by atoms with E-state index in [1.54, 1.807) is 23.5 Å². The molecule has 3 rings (SSSR count). The Bertz CT molecular complexity index is 855. The van der Waals surface area contributed by atoms with Crippen molar-refractivity contribution in [1.82, 2.24) is 0 Å². The summed E-state index contributed by atoms with van der Waals surface area (Å²) in [5.74, 6) is -0.968. The SMILES string of the molecule is O=C(Oc1cccc([C@H]2[NH2+][C@@H](C(=O)[O-])CS2)c1)c1ccc([N+](=O)[O-])cc1. The number of carbonyl (C=O) groups is 2. The standard InChI is InChI=1S/C17H14N2O6S/c20-16(21)14-9-26-15(18-14)11-2-1-3-13(8-11)25-17(22)10-4-6-12(7-5-10)19(23)24/h1-8,14-15,18H,9H2,(H,20,21)/t14-,15+/m1/s1. The van der Waals surface area contributed by atoms with E-state index < -0.39 is 22.9 Å². The van der Waals surface area contributed by atoms with Crippen LogP contribution in [0.15, 0.2) is 48.5 Å². The normalized spacial score (nSPS) is 19.1. The van der Waals surface area contributed by atoms with Crippen LogP contribution in [0.1, 0.15) is 21.3 Å². The Morgan fingerprint density at radius 3 is 2.54 bits per heavy atom. The van der Waals surface area contributed by atoms with Gasteiger partial charge in [-0.3, -0.25) is 10.1 Å². The maximum Gasteiger partial charge on any atom is 0.343 e. The van der Waals surface area contributed by atoms with Crippen molar-refractivity contribution in [3.05, 3.63) is 69.8 Å². The van der Waals surface area contributed by atoms with Crippen molar-refractivity contribution in [2.75, 3.05) is 5.75 Å². The minimum atomic E-state index is -1.10. The Morgan fingerprint density at radius 2 is 1.92 bits per heavy atom. The minimum absolute atomic E-state index is 0.111. The monoisotopic (exact) mass is 374 g/mol. The maximum atomic E-state index is 12.2. The number of ether oxygens (including phenoxy) is 1. The lowest BCUT2D eigenvalue weighted by Crippen LogP contribution is -2.90. The first kappa shape index (κ1) is 17.9. The third-order valence-electron chi connectivity index (χ3n) is 3.88. The number of hydrogen-bond donors (Lipinski definition) is 1. The van der Waals surface area contributed by atoms with Gasteiger partial charge in [0.15, 0.2) is 5.37 Å². The highest BCUT2D eigenvalue weighted by molar-refractivity contribution is 7.99. The second-order valence-electron chi connectivity index (χ2n) is 5.64. The highest BCUT2D eigenvalue weighted by Gasteiger charge is 2.31. The van der Waals surface area contributed by atoms with E-state index in [2.05, 4.69) is 0 Å². The fourth-order valence-electron chi connectivity index (χ4n) is 2.52. The van der Waals surface area contributed by atoms with Gasteiger partial charge in [-0.1, -0.05) is 23.9 Å². The van der Waals surface area contributed by atoms with Crippen molar-refractivity contribution in [3.63, 3.8) is 0 Å². The number of thioether (sulfide) groups is 1. The van der Waals surface area contributed by atoms with Crippen molar-refractivity contribution in [2.45, 2.75) is 11.4 Å². The van der Waals surface area contributed by atoms with Crippen LogP contribution in [0.4, 0.5) is 5.69 Å². The number of non-ortho nitro benzene ring substituents is 1. The van der Waals surface area contributed by atoms with Crippen LogP contribution in [-0.2, 0) is 4.79 Å². The molecule has 1 fully saturated rings. The molecule has 1 aliphatic heterocycles. The lowest BCUT2D eigenvalue weighted by molar-refractivity contribution is -0.690. The van der Waals surface area contributed by atoms with Gasteiger partial charge in [-0.05, 0) is 24.3 Å². The zero-order valence-electron chi connectivity index (χ0n) is 13.4. The molecule has 1 heterocycles. The summed E-state index contributed by atoms with van der Waals surface area (Å²) in [6, 6.07) is 11.4. The molecule has 2 aromatic carbocycles. The second kappa shape index (κ2) is 7.54. The van der Waals surface area contributed by atoms with Gasteiger partial charge in [0.25, 0.3) is 5.69 Å². The molecule has 134 valence electrons. The largest absolute Gasteiger partial charge is 0.544 e. The molecule has 26 heavy (non-hydrogen) atoms. The summed E-state index contributed by atoms with van der Waals surface area (Å²) < 4.78 is 5.31. The highest BCUT2D eigenvalue weighted by atomic mass is 32.2. The Balaban J connectivity index is 1.69. The molecule has 9 heteroatoms. The number of hydrogen-bond acceptors (Lipinski definition) is 7. The Morgan fingerprint density at radius 1 is 1.19 bits per heavy atom. The van der Waals surface area contributed by atoms with Crippen LogP contribution in [-0.4, -0.2) is 28.7 Å². The van der Waals surface area contributed by atoms with E-state index in [1.807, 2.05) is 6.07 Å². The molecule has 0 amide bonds. The van der Waals surface area contributed by atoms with Gasteiger partial charge in [0.2, 0.25) is 0 Å². The molecular weight excluding hydrogens is 360 g/mol. The van der Waals surface area contributed by atoms with Crippen LogP contribution < -0.4 is 15.2 Å². The molecule has 2 atom stereocenters. The average Bonchev–Trinajstić information content (AvgIpc) is 3.12. The topological polar surface area (TPSA) is 126 Å². The molecule has 8 nitrogen and oxygen atoms in total. The Kier molecular flexibility index (Phi) is 5.19. The summed E-state index contributed by atoms with van der Waals surface area (Å²) in [5.41, 5.74) is 0.910. The van der Waals surface area contributed by atoms with Crippen molar-refractivity contribution in [1.29, 1.82) is 0 Å². The number of nitro benzene ring substituents is 1. The van der Waals surface area contributed by atoms with Crippen LogP contribution in [0.5, 0.6) is 5.75 Å². The maximum absolute atomic E-state index is 12.2. The summed E-state index contributed by atoms with van der Waals surface area (Å²) in [4.78, 5) is 33.2. The van der Waals surface area contributed by atoms with Gasteiger partial charge in [-0.25, -0.2) is 4.79 Å². The molecule has 0 unspecified atom stereocenters. The van der Waals surface area contributed by atoms with Crippen LogP contribution in [0.2, 0.25) is 0 Å². The zero-order valence-corrected chi connectivity index (χ0v) is 14.2. The van der Waals surface area contributed by atoms with Crippen LogP contribution >= 0.6 is 11.8 Å². The van der Waals surface area contributed by atoms with Crippen molar-refractivity contribution < 1.29 is 29.7 Å². The number of benzene rings is 2. The molecule has 0 aromatic heterocycles. The molecule has 0 spiro atoms. The Hall–Kier alpha value is -2.91. The van der Waals surface area contributed by atoms with Crippen LogP contribution in [0.25, 0.3) is 0 Å². The third-order valence-corrected chi connectivity index (χ3v) is 5.22. The summed E-state index contributed by atoms with van der Waals surface area (Å²) in [6.45, 7) is 0. The minimum Gasteiger partial charge on any atom is -0.544 e. The lowest BCUT2D eigenvalue weighted by atomic mass is 10.2. The molecule has 0 saturated carbocycles. The first-order chi connectivity index (χ1) is 12.4. The summed E-state index contributed by atoms with van der Waals surface area (Å²) in [5, 5.41) is 23.2. The van der Waals surface area contributed by atoms with E-state index in [1.165, 1.54) is 36.0 Å². The summed E-state index contributed by atoms with van der Waals surface area (Å²) in [6.07, 6.45) is 0. The number of nitrogens with zero attached hydrogens (tertiary/aromatic N) is 1. The molecule has 0 radical (unpaired) electrons. The van der Waals surface area contributed by atoms with Gasteiger partial charge < -0.3 is 20.0 Å². The molecular formula is C17H14N2O6S. The van der Waals surface area contributed by atoms with E-state index in [4.69, 9.17) is 4.74 Å². The van der Waals surface area contributed by atoms with E-state index in [-0.39, 0.29) is 16.6 Å². The van der Waals surface area contributed by atoms with E-state index in [0.29, 0.717) is 11.5 Å². The van der Waals surface area contributed by atoms with Gasteiger partial charge in [0, 0.05) is 17.7 Å². The number of nitro groups is 1. The average molecular weight is 374 g/mol. The quantitative estimate of drug-likeness (QED) is 0.344. The summed E-state index contributed by atoms with van der Waals surface area (Å²) in [7, 11) is 0. The van der Waals surface area contributed by atoms with Crippen molar-refractivity contribution in [3.8, 4) is 5.75 Å². The van der Waals surface area contributed by atoms with Gasteiger partial charge in [-0.15, -0.1) is 0 Å². The fourth-order valence-corrected chi connectivity index (χ4v) is 3.83. The zero-order chi connectivity index (χ0) is 18.7. The van der Waals surface area contributed by atoms with E-state index >= 15 is 0 Å². The second-order valence-corrected chi connectivity index (χ2v) is 6.81. The Labute approximate surface area is 152 Å². The predicted molar refractivity (Wildman–Crippen MR) is 90.4 cm³/mol. The van der Waals surface area contributed by atoms with E-state index in [0.717, 1.165) is 5.56 Å². The van der Waals surface area contributed by atoms with Gasteiger partial charge >= 0.3 is 5.97 Å². The number of carboxylic acid groups (broad SMARTS) is 1. The molecule has 2 N–H and O–H groups in total. The smallest absolute Gasteiger partial charge is 0.343 e. The first-order valence-electron chi connectivity index (χ1n) is 7.68. The molecule has 2 aromatic rings. The lowest BCUT2D eigenvalue weighted by Gasteiger charge is -2.12. The number of nitrogens with two attached hydrogens (primary N) is 1. The number of carbonyl (C=O) groups excluding carboxylic acids is 2. The number of rotatable bonds is 5. The molecule has 1 aliphatic rings. The molecule has 0 bridgehead atoms. The number of esters is 1. The number of aliphatic carboxylic acids is 1. The first-order valence-corrected chi connectivity index (χ1v) is 8.73. The summed E-state index contributed by atoms with van der Waals surface area (Å²) >= 11 is 1.48. The van der Waals surface area contributed by atoms with Crippen LogP contribution in [0, 0.1) is 10.1 Å². The predicted octanol–water partition coefficient (Wildman–Crippen LogP) is 0.241. The van der Waals surface area contributed by atoms with Crippen LogP contribution in [0.3, 0.4) is 0 Å². The molecule has 1 saturated heterocycles. The fraction of sp³-hybridized carbons (Fsp3) is 0.176. The number of carboxylic acids is 1. The molecule has 0 aliphatic carbocycles. The highest BCUT2D eigenvalue weighted by Crippen LogP contribution is 2.29. The van der Waals surface area contributed by atoms with Gasteiger partial charge in [-0.2, -0.15) is 0 Å².